The number of hydrogen-bond donors (Lipinski definition) is 2. The van der Waals surface area contributed by atoms with Crippen LogP contribution >= 0.6 is 0 Å². The molecule has 0 radical (unpaired) electrons. The van der Waals surface area contributed by atoms with E-state index in [9.17, 15) is 19.5 Å². The fraction of sp³-hybridized carbons (Fsp3) is 0.222. The van der Waals surface area contributed by atoms with Crippen molar-refractivity contribution in [1.82, 2.24) is 4.90 Å². The average Bonchev–Trinajstić information content (AvgIpc) is 3.15. The topological polar surface area (TPSA) is 105 Å². The van der Waals surface area contributed by atoms with Crippen molar-refractivity contribution < 1.29 is 29.0 Å². The molecule has 5 rings (SSSR count). The molecular weight excluding hydrogens is 448 g/mol. The normalized spacial score (nSPS) is 16.0. The number of nitrogens with zero attached hydrogens (tertiary/aromatic N) is 1. The zero-order valence-corrected chi connectivity index (χ0v) is 19.1. The largest absolute Gasteiger partial charge is 0.496 e. The summed E-state index contributed by atoms with van der Waals surface area (Å²) in [6.07, 6.45) is -0.202. The lowest BCUT2D eigenvalue weighted by atomic mass is 9.98. The molecule has 8 nitrogen and oxygen atoms in total. The maximum atomic E-state index is 12.8. The van der Waals surface area contributed by atoms with E-state index in [1.165, 1.54) is 24.1 Å². The minimum Gasteiger partial charge on any atom is -0.496 e. The molecule has 2 amide bonds. The maximum absolute atomic E-state index is 12.8. The first-order valence-electron chi connectivity index (χ1n) is 11.3. The lowest BCUT2D eigenvalue weighted by molar-refractivity contribution is -0.146. The van der Waals surface area contributed by atoms with E-state index in [2.05, 4.69) is 29.6 Å². The highest BCUT2D eigenvalue weighted by Gasteiger charge is 2.38. The summed E-state index contributed by atoms with van der Waals surface area (Å²) in [6, 6.07) is 20.0. The van der Waals surface area contributed by atoms with Gasteiger partial charge in [0, 0.05) is 24.2 Å². The van der Waals surface area contributed by atoms with Crippen molar-refractivity contribution in [2.75, 3.05) is 25.6 Å². The van der Waals surface area contributed by atoms with Gasteiger partial charge in [0.05, 0.1) is 12.7 Å². The van der Waals surface area contributed by atoms with Crippen molar-refractivity contribution in [3.05, 3.63) is 83.4 Å². The summed E-state index contributed by atoms with van der Waals surface area (Å²) < 4.78 is 10.9. The van der Waals surface area contributed by atoms with Gasteiger partial charge in [0.2, 0.25) is 0 Å². The molecule has 1 atom stereocenters. The molecule has 1 unspecified atom stereocenters. The molecule has 0 saturated carbocycles. The Hall–Kier alpha value is -4.33. The number of hydrogen-bond acceptors (Lipinski definition) is 5. The minimum atomic E-state index is -1.03. The Morgan fingerprint density at radius 1 is 1.00 bits per heavy atom. The number of amides is 2. The molecule has 2 aliphatic rings. The first kappa shape index (κ1) is 22.5. The van der Waals surface area contributed by atoms with Crippen molar-refractivity contribution in [1.29, 1.82) is 0 Å². The third kappa shape index (κ3) is 4.07. The number of fused-ring (bicyclic) bond motifs is 3. The van der Waals surface area contributed by atoms with Crippen LogP contribution in [0.25, 0.3) is 11.1 Å². The number of ether oxygens (including phenoxy) is 2. The van der Waals surface area contributed by atoms with Gasteiger partial charge in [0.15, 0.2) is 0 Å². The molecule has 8 heteroatoms. The second-order valence-electron chi connectivity index (χ2n) is 8.51. The molecule has 1 fully saturated rings. The fourth-order valence-electron chi connectivity index (χ4n) is 4.74. The van der Waals surface area contributed by atoms with Crippen LogP contribution in [0.2, 0.25) is 0 Å². The summed E-state index contributed by atoms with van der Waals surface area (Å²) in [6.45, 7) is 0.553. The van der Waals surface area contributed by atoms with E-state index in [0.717, 1.165) is 22.3 Å². The molecule has 3 aromatic carbocycles. The first-order chi connectivity index (χ1) is 17.0. The highest BCUT2D eigenvalue weighted by atomic mass is 16.5. The Kier molecular flexibility index (Phi) is 5.86. The highest BCUT2D eigenvalue weighted by Crippen LogP contribution is 2.44. The number of nitrogens with one attached hydrogen (secondary N) is 1. The van der Waals surface area contributed by atoms with E-state index in [-0.39, 0.29) is 23.8 Å². The minimum absolute atomic E-state index is 0.0543. The Bertz CT molecular complexity index is 1280. The van der Waals surface area contributed by atoms with Crippen molar-refractivity contribution in [3.63, 3.8) is 0 Å². The van der Waals surface area contributed by atoms with Crippen LogP contribution in [0.15, 0.2) is 66.7 Å². The first-order valence-corrected chi connectivity index (χ1v) is 11.3. The number of aliphatic carboxylic acids is 1. The van der Waals surface area contributed by atoms with Crippen LogP contribution in [-0.2, 0) is 9.53 Å². The molecule has 0 spiro atoms. The van der Waals surface area contributed by atoms with Gasteiger partial charge < -0.3 is 19.5 Å². The van der Waals surface area contributed by atoms with Crippen LogP contribution in [-0.4, -0.2) is 54.3 Å². The number of rotatable bonds is 6. The Morgan fingerprint density at radius 2 is 1.66 bits per heavy atom. The number of carbonyl (C=O) groups excluding carboxylic acids is 2. The quantitative estimate of drug-likeness (QED) is 0.553. The number of carboxylic acid groups (broad SMARTS) is 1. The predicted molar refractivity (Wildman–Crippen MR) is 129 cm³/mol. The molecule has 1 aliphatic heterocycles. The van der Waals surface area contributed by atoms with E-state index < -0.39 is 24.0 Å². The summed E-state index contributed by atoms with van der Waals surface area (Å²) in [4.78, 5) is 37.9. The number of carbonyl (C=O) groups is 3. The fourth-order valence-corrected chi connectivity index (χ4v) is 4.74. The lowest BCUT2D eigenvalue weighted by Gasteiger charge is -2.38. The van der Waals surface area contributed by atoms with Crippen LogP contribution in [0.3, 0.4) is 0 Å². The second-order valence-corrected chi connectivity index (χ2v) is 8.51. The number of carboxylic acids is 1. The summed E-state index contributed by atoms with van der Waals surface area (Å²) in [5, 5.41) is 11.9. The molecule has 0 aromatic heterocycles. The molecule has 3 aromatic rings. The van der Waals surface area contributed by atoms with Crippen LogP contribution in [0.1, 0.15) is 33.8 Å². The highest BCUT2D eigenvalue weighted by molar-refractivity contribution is 6.00. The number of methoxy groups -OCH3 is 1. The van der Waals surface area contributed by atoms with Gasteiger partial charge in [-0.05, 0) is 40.8 Å². The molecule has 1 saturated heterocycles. The lowest BCUT2D eigenvalue weighted by Crippen LogP contribution is -2.55. The van der Waals surface area contributed by atoms with Gasteiger partial charge in [-0.1, -0.05) is 48.5 Å². The molecule has 178 valence electrons. The smallest absolute Gasteiger partial charge is 0.411 e. The van der Waals surface area contributed by atoms with E-state index in [1.54, 1.807) is 6.07 Å². The van der Waals surface area contributed by atoms with Gasteiger partial charge in [-0.25, -0.2) is 9.59 Å². The van der Waals surface area contributed by atoms with E-state index >= 15 is 0 Å². The summed E-state index contributed by atoms with van der Waals surface area (Å²) in [7, 11) is 1.41. The zero-order chi connectivity index (χ0) is 24.5. The van der Waals surface area contributed by atoms with Crippen molar-refractivity contribution in [2.45, 2.75) is 18.4 Å². The number of likely N-dealkylation sites (tertiary alicyclic amines) is 1. The number of benzene rings is 3. The summed E-state index contributed by atoms with van der Waals surface area (Å²) in [5.41, 5.74) is 5.17. The van der Waals surface area contributed by atoms with Crippen LogP contribution in [0.4, 0.5) is 10.5 Å². The SMILES string of the molecule is COc1cc(NC(=O)OCC2c3ccccc3-c3ccccc32)ccc1C(=O)N1CCC1C(=O)O. The second kappa shape index (κ2) is 9.13. The molecule has 0 bridgehead atoms. The monoisotopic (exact) mass is 472 g/mol. The Morgan fingerprint density at radius 3 is 2.23 bits per heavy atom. The Balaban J connectivity index is 1.26. The van der Waals surface area contributed by atoms with Crippen LogP contribution in [0.5, 0.6) is 5.75 Å². The van der Waals surface area contributed by atoms with E-state index in [1.807, 2.05) is 24.3 Å². The molecular formula is C27H24N2O6. The van der Waals surface area contributed by atoms with Gasteiger partial charge >= 0.3 is 12.1 Å². The maximum Gasteiger partial charge on any atom is 0.411 e. The van der Waals surface area contributed by atoms with Gasteiger partial charge in [-0.15, -0.1) is 0 Å². The van der Waals surface area contributed by atoms with Crippen LogP contribution in [0, 0.1) is 0 Å². The van der Waals surface area contributed by atoms with Gasteiger partial charge in [0.25, 0.3) is 5.91 Å². The zero-order valence-electron chi connectivity index (χ0n) is 19.1. The molecule has 1 aliphatic carbocycles. The van der Waals surface area contributed by atoms with Crippen molar-refractivity contribution in [3.8, 4) is 16.9 Å². The van der Waals surface area contributed by atoms with Crippen molar-refractivity contribution in [2.24, 2.45) is 0 Å². The molecule has 1 heterocycles. The predicted octanol–water partition coefficient (Wildman–Crippen LogP) is 4.36. The van der Waals surface area contributed by atoms with E-state index in [4.69, 9.17) is 9.47 Å². The molecule has 35 heavy (non-hydrogen) atoms. The Labute approximate surface area is 202 Å². The van der Waals surface area contributed by atoms with Gasteiger partial charge in [0.1, 0.15) is 18.4 Å². The molecule has 2 N–H and O–H groups in total. The van der Waals surface area contributed by atoms with Gasteiger partial charge in [-0.3, -0.25) is 10.1 Å². The van der Waals surface area contributed by atoms with Crippen molar-refractivity contribution >= 4 is 23.7 Å². The third-order valence-corrected chi connectivity index (χ3v) is 6.59. The van der Waals surface area contributed by atoms with Crippen LogP contribution < -0.4 is 10.1 Å². The number of anilines is 1. The average molecular weight is 472 g/mol. The standard InChI is InChI=1S/C27H24N2O6/c1-34-24-14-16(10-11-21(24)25(30)29-13-12-23(29)26(31)32)28-27(33)35-15-22-19-8-4-2-6-17(19)18-7-3-5-9-20(18)22/h2-11,14,22-23H,12-13,15H2,1H3,(H,28,33)(H,31,32). The summed E-state index contributed by atoms with van der Waals surface area (Å²) in [5.74, 6) is -1.27. The van der Waals surface area contributed by atoms with Gasteiger partial charge in [-0.2, -0.15) is 0 Å². The third-order valence-electron chi connectivity index (χ3n) is 6.59. The van der Waals surface area contributed by atoms with E-state index in [0.29, 0.717) is 18.7 Å². The summed E-state index contributed by atoms with van der Waals surface area (Å²) >= 11 is 0.